The van der Waals surface area contributed by atoms with E-state index in [1.807, 2.05) is 0 Å². The van der Waals surface area contributed by atoms with Gasteiger partial charge in [-0.25, -0.2) is 0 Å². The zero-order valence-corrected chi connectivity index (χ0v) is 12.7. The van der Waals surface area contributed by atoms with Crippen molar-refractivity contribution in [2.24, 2.45) is 5.92 Å². The molecule has 1 heterocycles. The molecule has 0 bridgehead atoms. The molecule has 0 aliphatic carbocycles. The number of rotatable bonds is 4. The smallest absolute Gasteiger partial charge is 0.306 e. The first-order valence-electron chi connectivity index (χ1n) is 6.56. The first-order valence-corrected chi connectivity index (χ1v) is 7.32. The van der Waals surface area contributed by atoms with E-state index in [9.17, 15) is 9.59 Å². The molecule has 7 heteroatoms. The van der Waals surface area contributed by atoms with Crippen LogP contribution >= 0.6 is 23.2 Å². The van der Waals surface area contributed by atoms with Crippen molar-refractivity contribution >= 4 is 35.1 Å². The van der Waals surface area contributed by atoms with Crippen molar-refractivity contribution in [1.29, 1.82) is 0 Å². The van der Waals surface area contributed by atoms with Crippen LogP contribution in [-0.4, -0.2) is 41.6 Å². The Morgan fingerprint density at radius 2 is 1.81 bits per heavy atom. The highest BCUT2D eigenvalue weighted by Crippen LogP contribution is 2.32. The topological polar surface area (TPSA) is 66.8 Å². The van der Waals surface area contributed by atoms with Crippen molar-refractivity contribution in [3.05, 3.63) is 28.2 Å². The summed E-state index contributed by atoms with van der Waals surface area (Å²) in [5, 5.41) is 9.61. The molecule has 0 spiro atoms. The molecule has 0 aromatic heterocycles. The van der Waals surface area contributed by atoms with Gasteiger partial charge in [0.25, 0.3) is 5.91 Å². The van der Waals surface area contributed by atoms with Crippen molar-refractivity contribution in [3.8, 4) is 5.75 Å². The molecule has 0 saturated carbocycles. The third-order valence-corrected chi connectivity index (χ3v) is 4.05. The van der Waals surface area contributed by atoms with Gasteiger partial charge in [0.05, 0.1) is 16.0 Å². The van der Waals surface area contributed by atoms with E-state index in [4.69, 9.17) is 33.0 Å². The number of nitrogens with zero attached hydrogens (tertiary/aromatic N) is 1. The summed E-state index contributed by atoms with van der Waals surface area (Å²) in [4.78, 5) is 24.5. The molecule has 21 heavy (non-hydrogen) atoms. The molecular weight excluding hydrogens is 317 g/mol. The third kappa shape index (κ3) is 4.02. The SMILES string of the molecule is O=C(O)C1CCN(C(=O)COc2c(Cl)cccc2Cl)CC1. The lowest BCUT2D eigenvalue weighted by atomic mass is 9.97. The minimum absolute atomic E-state index is 0.165. The molecule has 2 rings (SSSR count). The Morgan fingerprint density at radius 3 is 2.33 bits per heavy atom. The van der Waals surface area contributed by atoms with Crippen LogP contribution in [0, 0.1) is 5.92 Å². The Balaban J connectivity index is 1.87. The van der Waals surface area contributed by atoms with Crippen molar-refractivity contribution in [1.82, 2.24) is 4.90 Å². The monoisotopic (exact) mass is 331 g/mol. The number of halogens is 2. The number of ether oxygens (including phenoxy) is 1. The van der Waals surface area contributed by atoms with E-state index in [1.165, 1.54) is 0 Å². The molecule has 0 unspecified atom stereocenters. The van der Waals surface area contributed by atoms with E-state index in [2.05, 4.69) is 0 Å². The fourth-order valence-electron chi connectivity index (χ4n) is 2.22. The van der Waals surface area contributed by atoms with Crippen LogP contribution in [0.15, 0.2) is 18.2 Å². The number of para-hydroxylation sites is 1. The molecule has 1 amide bonds. The number of hydrogen-bond acceptors (Lipinski definition) is 3. The number of carbonyl (C=O) groups excluding carboxylic acids is 1. The summed E-state index contributed by atoms with van der Waals surface area (Å²) in [7, 11) is 0. The van der Waals surface area contributed by atoms with Crippen LogP contribution in [0.3, 0.4) is 0 Å². The minimum atomic E-state index is -0.804. The first-order chi connectivity index (χ1) is 9.99. The maximum absolute atomic E-state index is 12.0. The van der Waals surface area contributed by atoms with E-state index in [-0.39, 0.29) is 24.2 Å². The van der Waals surface area contributed by atoms with Crippen LogP contribution in [0.25, 0.3) is 0 Å². The average Bonchev–Trinajstić information content (AvgIpc) is 2.46. The number of carboxylic acids is 1. The molecule has 1 aliphatic rings. The van der Waals surface area contributed by atoms with Crippen molar-refractivity contribution in [2.45, 2.75) is 12.8 Å². The van der Waals surface area contributed by atoms with E-state index >= 15 is 0 Å². The second-order valence-corrected chi connectivity index (χ2v) is 5.65. The van der Waals surface area contributed by atoms with Gasteiger partial charge in [-0.2, -0.15) is 0 Å². The van der Waals surface area contributed by atoms with E-state index < -0.39 is 5.97 Å². The molecule has 1 aromatic carbocycles. The largest absolute Gasteiger partial charge is 0.481 e. The normalized spacial score (nSPS) is 15.8. The van der Waals surface area contributed by atoms with E-state index in [0.29, 0.717) is 36.0 Å². The highest BCUT2D eigenvalue weighted by atomic mass is 35.5. The minimum Gasteiger partial charge on any atom is -0.481 e. The predicted octanol–water partition coefficient (Wildman–Crippen LogP) is 2.70. The molecule has 1 N–H and O–H groups in total. The molecule has 0 radical (unpaired) electrons. The van der Waals surface area contributed by atoms with Gasteiger partial charge in [-0.3, -0.25) is 9.59 Å². The Morgan fingerprint density at radius 1 is 1.24 bits per heavy atom. The van der Waals surface area contributed by atoms with Crippen molar-refractivity contribution in [3.63, 3.8) is 0 Å². The van der Waals surface area contributed by atoms with Gasteiger partial charge in [0, 0.05) is 13.1 Å². The third-order valence-electron chi connectivity index (χ3n) is 3.46. The fraction of sp³-hybridized carbons (Fsp3) is 0.429. The zero-order chi connectivity index (χ0) is 15.4. The first kappa shape index (κ1) is 15.9. The summed E-state index contributed by atoms with van der Waals surface area (Å²) in [6, 6.07) is 4.95. The maximum Gasteiger partial charge on any atom is 0.306 e. The number of amides is 1. The van der Waals surface area contributed by atoms with Crippen molar-refractivity contribution in [2.75, 3.05) is 19.7 Å². The number of piperidine rings is 1. The summed E-state index contributed by atoms with van der Waals surface area (Å²) in [5.74, 6) is -1.08. The number of aliphatic carboxylic acids is 1. The molecule has 114 valence electrons. The highest BCUT2D eigenvalue weighted by molar-refractivity contribution is 6.37. The number of benzene rings is 1. The maximum atomic E-state index is 12.0. The Bertz CT molecular complexity index is 522. The van der Waals surface area contributed by atoms with Crippen LogP contribution in [0.1, 0.15) is 12.8 Å². The van der Waals surface area contributed by atoms with Crippen LogP contribution in [0.4, 0.5) is 0 Å². The zero-order valence-electron chi connectivity index (χ0n) is 11.2. The number of carboxylic acid groups (broad SMARTS) is 1. The van der Waals surface area contributed by atoms with Gasteiger partial charge < -0.3 is 14.7 Å². The highest BCUT2D eigenvalue weighted by Gasteiger charge is 2.27. The molecule has 1 fully saturated rings. The standard InChI is InChI=1S/C14H15Cl2NO4/c15-10-2-1-3-11(16)13(10)21-8-12(18)17-6-4-9(5-7-17)14(19)20/h1-3,9H,4-8H2,(H,19,20). The molecule has 1 saturated heterocycles. The van der Waals surface area contributed by atoms with Gasteiger partial charge in [-0.15, -0.1) is 0 Å². The lowest BCUT2D eigenvalue weighted by Gasteiger charge is -2.30. The number of likely N-dealkylation sites (tertiary alicyclic amines) is 1. The second-order valence-electron chi connectivity index (χ2n) is 4.83. The molecular formula is C14H15Cl2NO4. The van der Waals surface area contributed by atoms with Gasteiger partial charge in [0.15, 0.2) is 12.4 Å². The van der Waals surface area contributed by atoms with Crippen LogP contribution in [-0.2, 0) is 9.59 Å². The quantitative estimate of drug-likeness (QED) is 0.921. The molecule has 5 nitrogen and oxygen atoms in total. The predicted molar refractivity (Wildman–Crippen MR) is 78.9 cm³/mol. The van der Waals surface area contributed by atoms with Gasteiger partial charge in [-0.1, -0.05) is 29.3 Å². The van der Waals surface area contributed by atoms with Gasteiger partial charge in [0.2, 0.25) is 0 Å². The van der Waals surface area contributed by atoms with Gasteiger partial charge in [0.1, 0.15) is 0 Å². The lowest BCUT2D eigenvalue weighted by molar-refractivity contribution is -0.146. The summed E-state index contributed by atoms with van der Waals surface area (Å²) in [6.07, 6.45) is 0.932. The Kier molecular flexibility index (Phi) is 5.31. The van der Waals surface area contributed by atoms with E-state index in [1.54, 1.807) is 23.1 Å². The molecule has 0 atom stereocenters. The summed E-state index contributed by atoms with van der Waals surface area (Å²) >= 11 is 11.9. The number of carbonyl (C=O) groups is 2. The summed E-state index contributed by atoms with van der Waals surface area (Å²) in [5.41, 5.74) is 0. The summed E-state index contributed by atoms with van der Waals surface area (Å²) < 4.78 is 5.39. The van der Waals surface area contributed by atoms with Crippen LogP contribution in [0.5, 0.6) is 5.75 Å². The average molecular weight is 332 g/mol. The Labute approximate surface area is 132 Å². The molecule has 1 aliphatic heterocycles. The fourth-order valence-corrected chi connectivity index (χ4v) is 2.73. The number of hydrogen-bond donors (Lipinski definition) is 1. The van der Waals surface area contributed by atoms with Crippen LogP contribution in [0.2, 0.25) is 10.0 Å². The van der Waals surface area contributed by atoms with Gasteiger partial charge in [-0.05, 0) is 25.0 Å². The molecule has 1 aromatic rings. The van der Waals surface area contributed by atoms with Gasteiger partial charge >= 0.3 is 5.97 Å². The van der Waals surface area contributed by atoms with E-state index in [0.717, 1.165) is 0 Å². The Hall–Kier alpha value is -1.46. The lowest BCUT2D eigenvalue weighted by Crippen LogP contribution is -2.42. The van der Waals surface area contributed by atoms with Crippen LogP contribution < -0.4 is 4.74 Å². The summed E-state index contributed by atoms with van der Waals surface area (Å²) in [6.45, 7) is 0.687. The van der Waals surface area contributed by atoms with Crippen molar-refractivity contribution < 1.29 is 19.4 Å². The second kappa shape index (κ2) is 7.00.